The van der Waals surface area contributed by atoms with Gasteiger partial charge in [-0.1, -0.05) is 32.0 Å². The lowest BCUT2D eigenvalue weighted by molar-refractivity contribution is -0.133. The van der Waals surface area contributed by atoms with Gasteiger partial charge in [0.15, 0.2) is 0 Å². The molecule has 4 heteroatoms. The first-order valence-electron chi connectivity index (χ1n) is 7.38. The molecule has 0 spiro atoms. The van der Waals surface area contributed by atoms with E-state index in [0.29, 0.717) is 12.5 Å². The Morgan fingerprint density at radius 2 is 1.95 bits per heavy atom. The van der Waals surface area contributed by atoms with E-state index in [1.54, 1.807) is 6.92 Å². The van der Waals surface area contributed by atoms with Gasteiger partial charge in [-0.25, -0.2) is 0 Å². The van der Waals surface area contributed by atoms with Crippen LogP contribution in [0.25, 0.3) is 11.0 Å². The van der Waals surface area contributed by atoms with Crippen LogP contribution >= 0.6 is 0 Å². The van der Waals surface area contributed by atoms with Crippen LogP contribution in [0.2, 0.25) is 0 Å². The van der Waals surface area contributed by atoms with Crippen LogP contribution in [0.4, 0.5) is 0 Å². The van der Waals surface area contributed by atoms with E-state index < -0.39 is 6.10 Å². The second-order valence-electron chi connectivity index (χ2n) is 5.79. The van der Waals surface area contributed by atoms with Gasteiger partial charge in [0.25, 0.3) is 0 Å². The molecular formula is C17H23NO3. The third kappa shape index (κ3) is 4.08. The Bertz CT molecular complexity index is 570. The van der Waals surface area contributed by atoms with Crippen molar-refractivity contribution in [3.8, 4) is 0 Å². The van der Waals surface area contributed by atoms with Gasteiger partial charge in [-0.15, -0.1) is 0 Å². The van der Waals surface area contributed by atoms with E-state index in [1.165, 1.54) is 0 Å². The molecule has 1 aromatic heterocycles. The van der Waals surface area contributed by atoms with Crippen molar-refractivity contribution in [2.24, 2.45) is 5.92 Å². The second kappa shape index (κ2) is 6.76. The van der Waals surface area contributed by atoms with Crippen LogP contribution in [0.1, 0.15) is 39.5 Å². The Balaban J connectivity index is 1.96. The molecule has 2 rings (SSSR count). The quantitative estimate of drug-likeness (QED) is 0.882. The molecule has 0 saturated heterocycles. The number of para-hydroxylation sites is 1. The van der Waals surface area contributed by atoms with Crippen LogP contribution in [0, 0.1) is 5.92 Å². The highest BCUT2D eigenvalue weighted by Crippen LogP contribution is 2.23. The SMILES string of the molecule is CC(C)CO[C@@H](C)C(=O)N[C@@H](C)c1cc2ccccc2o1. The van der Waals surface area contributed by atoms with Gasteiger partial charge in [0.05, 0.1) is 6.04 Å². The predicted octanol–water partition coefficient (Wildman–Crippen LogP) is 3.67. The molecule has 0 saturated carbocycles. The molecule has 0 radical (unpaired) electrons. The second-order valence-corrected chi connectivity index (χ2v) is 5.79. The minimum atomic E-state index is -0.459. The maximum absolute atomic E-state index is 12.1. The molecule has 1 N–H and O–H groups in total. The molecule has 2 atom stereocenters. The summed E-state index contributed by atoms with van der Waals surface area (Å²) in [6.45, 7) is 8.37. The van der Waals surface area contributed by atoms with Gasteiger partial charge in [-0.05, 0) is 31.9 Å². The highest BCUT2D eigenvalue weighted by atomic mass is 16.5. The number of hydrogen-bond donors (Lipinski definition) is 1. The van der Waals surface area contributed by atoms with Gasteiger partial charge in [0.2, 0.25) is 5.91 Å². The van der Waals surface area contributed by atoms with E-state index in [2.05, 4.69) is 19.2 Å². The molecule has 0 fully saturated rings. The van der Waals surface area contributed by atoms with Crippen LogP contribution in [-0.2, 0) is 9.53 Å². The molecule has 0 aliphatic heterocycles. The van der Waals surface area contributed by atoms with Crippen molar-refractivity contribution in [2.45, 2.75) is 39.8 Å². The van der Waals surface area contributed by atoms with Crippen molar-refractivity contribution in [1.82, 2.24) is 5.32 Å². The van der Waals surface area contributed by atoms with Crippen molar-refractivity contribution in [2.75, 3.05) is 6.61 Å². The molecule has 0 aliphatic carbocycles. The summed E-state index contributed by atoms with van der Waals surface area (Å²) in [4.78, 5) is 12.1. The Labute approximate surface area is 125 Å². The third-order valence-corrected chi connectivity index (χ3v) is 3.28. The van der Waals surface area contributed by atoms with Crippen LogP contribution in [0.15, 0.2) is 34.7 Å². The Hall–Kier alpha value is -1.81. The van der Waals surface area contributed by atoms with Crippen LogP contribution in [0.3, 0.4) is 0 Å². The summed E-state index contributed by atoms with van der Waals surface area (Å²) in [5, 5.41) is 3.96. The predicted molar refractivity (Wildman–Crippen MR) is 83.0 cm³/mol. The molecule has 114 valence electrons. The van der Waals surface area contributed by atoms with Crippen LogP contribution in [0.5, 0.6) is 0 Å². The lowest BCUT2D eigenvalue weighted by atomic mass is 10.2. The van der Waals surface area contributed by atoms with E-state index in [1.807, 2.05) is 37.3 Å². The smallest absolute Gasteiger partial charge is 0.249 e. The number of fused-ring (bicyclic) bond motifs is 1. The average Bonchev–Trinajstić information content (AvgIpc) is 2.88. The van der Waals surface area contributed by atoms with E-state index in [4.69, 9.17) is 9.15 Å². The molecule has 1 amide bonds. The summed E-state index contributed by atoms with van der Waals surface area (Å²) >= 11 is 0. The summed E-state index contributed by atoms with van der Waals surface area (Å²) in [5.41, 5.74) is 0.831. The maximum Gasteiger partial charge on any atom is 0.249 e. The van der Waals surface area contributed by atoms with Gasteiger partial charge in [-0.2, -0.15) is 0 Å². The summed E-state index contributed by atoms with van der Waals surface area (Å²) in [7, 11) is 0. The van der Waals surface area contributed by atoms with Gasteiger partial charge in [-0.3, -0.25) is 4.79 Å². The molecule has 2 aromatic rings. The fraction of sp³-hybridized carbons (Fsp3) is 0.471. The molecule has 21 heavy (non-hydrogen) atoms. The Kier molecular flexibility index (Phi) is 5.02. The zero-order chi connectivity index (χ0) is 15.4. The van der Waals surface area contributed by atoms with Crippen molar-refractivity contribution in [3.05, 3.63) is 36.1 Å². The number of carbonyl (C=O) groups excluding carboxylic acids is 1. The molecular weight excluding hydrogens is 266 g/mol. The fourth-order valence-electron chi connectivity index (χ4n) is 2.03. The Morgan fingerprint density at radius 3 is 2.62 bits per heavy atom. The first-order chi connectivity index (χ1) is 9.97. The zero-order valence-electron chi connectivity index (χ0n) is 13.1. The van der Waals surface area contributed by atoms with Crippen LogP contribution < -0.4 is 5.32 Å². The molecule has 0 bridgehead atoms. The first-order valence-corrected chi connectivity index (χ1v) is 7.38. The van der Waals surface area contributed by atoms with E-state index >= 15 is 0 Å². The Morgan fingerprint density at radius 1 is 1.24 bits per heavy atom. The van der Waals surface area contributed by atoms with Crippen LogP contribution in [-0.4, -0.2) is 18.6 Å². The lowest BCUT2D eigenvalue weighted by Crippen LogP contribution is -2.36. The minimum absolute atomic E-state index is 0.122. The van der Waals surface area contributed by atoms with E-state index in [-0.39, 0.29) is 11.9 Å². The number of amides is 1. The summed E-state index contributed by atoms with van der Waals surface area (Å²) in [6.07, 6.45) is -0.459. The third-order valence-electron chi connectivity index (χ3n) is 3.28. The van der Waals surface area contributed by atoms with Crippen molar-refractivity contribution in [1.29, 1.82) is 0 Å². The normalized spacial score (nSPS) is 14.3. The van der Waals surface area contributed by atoms with Crippen molar-refractivity contribution in [3.63, 3.8) is 0 Å². The van der Waals surface area contributed by atoms with Crippen molar-refractivity contribution >= 4 is 16.9 Å². The molecule has 0 aliphatic rings. The number of furan rings is 1. The van der Waals surface area contributed by atoms with Gasteiger partial charge < -0.3 is 14.5 Å². The topological polar surface area (TPSA) is 51.5 Å². The fourth-order valence-corrected chi connectivity index (χ4v) is 2.03. The van der Waals surface area contributed by atoms with Crippen molar-refractivity contribution < 1.29 is 13.9 Å². The minimum Gasteiger partial charge on any atom is -0.459 e. The highest BCUT2D eigenvalue weighted by molar-refractivity contribution is 5.81. The molecule has 4 nitrogen and oxygen atoms in total. The molecule has 0 unspecified atom stereocenters. The highest BCUT2D eigenvalue weighted by Gasteiger charge is 2.19. The summed E-state index contributed by atoms with van der Waals surface area (Å²) in [6, 6.07) is 9.58. The molecule has 1 aromatic carbocycles. The number of carbonyl (C=O) groups is 1. The monoisotopic (exact) mass is 289 g/mol. The molecule has 1 heterocycles. The lowest BCUT2D eigenvalue weighted by Gasteiger charge is -2.17. The van der Waals surface area contributed by atoms with E-state index in [9.17, 15) is 4.79 Å². The van der Waals surface area contributed by atoms with Gasteiger partial charge in [0, 0.05) is 12.0 Å². The summed E-state index contributed by atoms with van der Waals surface area (Å²) in [5.74, 6) is 1.04. The maximum atomic E-state index is 12.1. The first kappa shape index (κ1) is 15.6. The number of benzene rings is 1. The number of ether oxygens (including phenoxy) is 1. The number of rotatable bonds is 6. The number of nitrogens with one attached hydrogen (secondary N) is 1. The zero-order valence-corrected chi connectivity index (χ0v) is 13.1. The van der Waals surface area contributed by atoms with E-state index in [0.717, 1.165) is 16.7 Å². The number of hydrogen-bond acceptors (Lipinski definition) is 3. The largest absolute Gasteiger partial charge is 0.459 e. The summed E-state index contributed by atoms with van der Waals surface area (Å²) < 4.78 is 11.3. The van der Waals surface area contributed by atoms with Gasteiger partial charge in [0.1, 0.15) is 17.4 Å². The average molecular weight is 289 g/mol. The van der Waals surface area contributed by atoms with Gasteiger partial charge >= 0.3 is 0 Å². The standard InChI is InChI=1S/C17H23NO3/c1-11(2)10-20-13(4)17(19)18-12(3)16-9-14-7-5-6-8-15(14)21-16/h5-9,11-13H,10H2,1-4H3,(H,18,19)/t12-,13-/m0/s1.